The molecular weight excluding hydrogens is 401 g/mol. The fourth-order valence-electron chi connectivity index (χ4n) is 3.95. The molecule has 1 unspecified atom stereocenters. The number of hydrogen-bond acceptors (Lipinski definition) is 8. The van der Waals surface area contributed by atoms with Crippen molar-refractivity contribution in [3.63, 3.8) is 0 Å². The van der Waals surface area contributed by atoms with Crippen molar-refractivity contribution in [1.29, 1.82) is 0 Å². The second-order valence-corrected chi connectivity index (χ2v) is 7.96. The number of nitrogens with zero attached hydrogens (tertiary/aromatic N) is 5. The Balaban J connectivity index is 1.64. The van der Waals surface area contributed by atoms with Gasteiger partial charge in [0.2, 0.25) is 5.95 Å². The lowest BCUT2D eigenvalue weighted by molar-refractivity contribution is 0.186. The van der Waals surface area contributed by atoms with E-state index in [-0.39, 0.29) is 40.8 Å². The number of halogens is 1. The van der Waals surface area contributed by atoms with Crippen LogP contribution in [0.5, 0.6) is 6.01 Å². The van der Waals surface area contributed by atoms with Crippen LogP contribution in [0.3, 0.4) is 0 Å². The van der Waals surface area contributed by atoms with Crippen molar-refractivity contribution in [1.82, 2.24) is 29.9 Å². The lowest BCUT2D eigenvalue weighted by Crippen LogP contribution is -2.27. The fraction of sp³-hybridized carbons (Fsp3) is 0.524. The molecule has 2 atom stereocenters. The minimum Gasteiger partial charge on any atom is -0.459 e. The molecule has 166 valence electrons. The van der Waals surface area contributed by atoms with Crippen LogP contribution in [0.25, 0.3) is 5.65 Å². The molecule has 3 aromatic rings. The number of nitrogens with one attached hydrogen (secondary N) is 1. The number of hydrogen-bond donors (Lipinski definition) is 3. The molecule has 0 spiro atoms. The number of aliphatic hydroxyl groups excluding tert-OH is 1. The first-order chi connectivity index (χ1) is 15.0. The van der Waals surface area contributed by atoms with Crippen LogP contribution in [-0.2, 0) is 0 Å². The molecule has 3 aromatic heterocycles. The summed E-state index contributed by atoms with van der Waals surface area (Å²) in [6.07, 6.45) is 3.61. The van der Waals surface area contributed by atoms with Gasteiger partial charge in [0.1, 0.15) is 6.10 Å². The summed E-state index contributed by atoms with van der Waals surface area (Å²) in [6, 6.07) is 3.44. The van der Waals surface area contributed by atoms with Crippen molar-refractivity contribution in [3.8, 4) is 6.01 Å². The number of pyridine rings is 1. The average Bonchev–Trinajstić information content (AvgIpc) is 3.18. The van der Waals surface area contributed by atoms with Gasteiger partial charge in [0.05, 0.1) is 18.0 Å². The van der Waals surface area contributed by atoms with E-state index in [2.05, 4.69) is 32.3 Å². The first-order valence-corrected chi connectivity index (χ1v) is 10.7. The summed E-state index contributed by atoms with van der Waals surface area (Å²) in [4.78, 5) is 12.5. The SMILES string of the molecule is CCC[C@H](C)Oc1nc(N)c2ncc(C(O)c3ccc(C4CCNCC4)nc3F)n2n1. The number of anilines is 1. The number of imidazole rings is 1. The molecule has 1 aliphatic heterocycles. The minimum absolute atomic E-state index is 0.0542. The lowest BCUT2D eigenvalue weighted by atomic mass is 9.93. The van der Waals surface area contributed by atoms with Gasteiger partial charge in [-0.2, -0.15) is 9.37 Å². The first kappa shape index (κ1) is 21.4. The summed E-state index contributed by atoms with van der Waals surface area (Å²) in [5, 5.41) is 18.5. The minimum atomic E-state index is -1.32. The van der Waals surface area contributed by atoms with Crippen LogP contribution in [-0.4, -0.2) is 48.9 Å². The smallest absolute Gasteiger partial charge is 0.336 e. The molecular formula is C21H28FN7O2. The number of rotatable bonds is 7. The summed E-state index contributed by atoms with van der Waals surface area (Å²) < 4.78 is 21.9. The van der Waals surface area contributed by atoms with E-state index in [0.717, 1.165) is 38.8 Å². The zero-order valence-corrected chi connectivity index (χ0v) is 17.8. The van der Waals surface area contributed by atoms with Gasteiger partial charge in [-0.05, 0) is 51.4 Å². The zero-order valence-electron chi connectivity index (χ0n) is 17.8. The van der Waals surface area contributed by atoms with Gasteiger partial charge in [-0.15, -0.1) is 5.10 Å². The summed E-state index contributed by atoms with van der Waals surface area (Å²) in [5.74, 6) is -0.365. The molecule has 0 bridgehead atoms. The molecule has 0 radical (unpaired) electrons. The van der Waals surface area contributed by atoms with Crippen molar-refractivity contribution >= 4 is 11.5 Å². The Hall–Kier alpha value is -2.85. The van der Waals surface area contributed by atoms with Crippen molar-refractivity contribution in [2.45, 2.75) is 57.7 Å². The third-order valence-corrected chi connectivity index (χ3v) is 5.63. The molecule has 4 N–H and O–H groups in total. The lowest BCUT2D eigenvalue weighted by Gasteiger charge is -2.22. The molecule has 10 heteroatoms. The number of piperidine rings is 1. The maximum Gasteiger partial charge on any atom is 0.336 e. The van der Waals surface area contributed by atoms with Gasteiger partial charge in [-0.25, -0.2) is 14.5 Å². The molecule has 31 heavy (non-hydrogen) atoms. The summed E-state index contributed by atoms with van der Waals surface area (Å²) in [6.45, 7) is 5.76. The van der Waals surface area contributed by atoms with Crippen molar-refractivity contribution in [3.05, 3.63) is 41.2 Å². The number of aromatic nitrogens is 5. The molecule has 0 aromatic carbocycles. The van der Waals surface area contributed by atoms with Crippen LogP contribution in [0.4, 0.5) is 10.2 Å². The molecule has 4 rings (SSSR count). The fourth-order valence-corrected chi connectivity index (χ4v) is 3.95. The monoisotopic (exact) mass is 429 g/mol. The zero-order chi connectivity index (χ0) is 22.0. The number of nitrogens with two attached hydrogens (primary N) is 1. The van der Waals surface area contributed by atoms with Crippen LogP contribution in [0.15, 0.2) is 18.3 Å². The van der Waals surface area contributed by atoms with Crippen molar-refractivity contribution in [2.24, 2.45) is 0 Å². The van der Waals surface area contributed by atoms with E-state index in [9.17, 15) is 9.50 Å². The van der Waals surface area contributed by atoms with E-state index in [1.807, 2.05) is 6.92 Å². The van der Waals surface area contributed by atoms with E-state index in [1.165, 1.54) is 10.7 Å². The number of nitrogen functional groups attached to an aromatic ring is 1. The van der Waals surface area contributed by atoms with Gasteiger partial charge in [-0.1, -0.05) is 13.3 Å². The van der Waals surface area contributed by atoms with E-state index in [1.54, 1.807) is 12.1 Å². The summed E-state index contributed by atoms with van der Waals surface area (Å²) in [5.41, 5.74) is 7.29. The summed E-state index contributed by atoms with van der Waals surface area (Å²) >= 11 is 0. The van der Waals surface area contributed by atoms with E-state index >= 15 is 0 Å². The Morgan fingerprint density at radius 1 is 1.32 bits per heavy atom. The van der Waals surface area contributed by atoms with Gasteiger partial charge in [0.15, 0.2) is 11.5 Å². The molecule has 0 saturated carbocycles. The first-order valence-electron chi connectivity index (χ1n) is 10.7. The molecule has 4 heterocycles. The Bertz CT molecular complexity index is 1050. The van der Waals surface area contributed by atoms with E-state index in [4.69, 9.17) is 10.5 Å². The predicted octanol–water partition coefficient (Wildman–Crippen LogP) is 2.36. The molecule has 1 aliphatic rings. The number of ether oxygens (including phenoxy) is 1. The second kappa shape index (κ2) is 9.11. The standard InChI is InChI=1S/C21H28FN7O2/c1-3-4-12(2)31-21-27-19(23)20-25-11-16(29(20)28-21)17(30)14-5-6-15(26-18(14)22)13-7-9-24-10-8-13/h5-6,11-13,17,24,30H,3-4,7-10H2,1-2H3,(H2,23,27,28)/t12-,17?/m0/s1. The number of aliphatic hydroxyl groups is 1. The van der Waals surface area contributed by atoms with Gasteiger partial charge in [0.25, 0.3) is 0 Å². The Morgan fingerprint density at radius 2 is 2.10 bits per heavy atom. The number of fused-ring (bicyclic) bond motifs is 1. The highest BCUT2D eigenvalue weighted by Crippen LogP contribution is 2.29. The van der Waals surface area contributed by atoms with E-state index < -0.39 is 12.1 Å². The Morgan fingerprint density at radius 3 is 2.81 bits per heavy atom. The third-order valence-electron chi connectivity index (χ3n) is 5.63. The van der Waals surface area contributed by atoms with Gasteiger partial charge in [0, 0.05) is 17.2 Å². The maximum absolute atomic E-state index is 14.9. The molecule has 0 amide bonds. The summed E-state index contributed by atoms with van der Waals surface area (Å²) in [7, 11) is 0. The van der Waals surface area contributed by atoms with Gasteiger partial charge in [-0.3, -0.25) is 0 Å². The molecule has 1 saturated heterocycles. The van der Waals surface area contributed by atoms with Gasteiger partial charge < -0.3 is 20.9 Å². The van der Waals surface area contributed by atoms with Crippen LogP contribution < -0.4 is 15.8 Å². The van der Waals surface area contributed by atoms with Crippen LogP contribution in [0.2, 0.25) is 0 Å². The Kier molecular flexibility index (Phi) is 6.28. The predicted molar refractivity (Wildman–Crippen MR) is 113 cm³/mol. The highest BCUT2D eigenvalue weighted by atomic mass is 19.1. The quantitative estimate of drug-likeness (QED) is 0.489. The highest BCUT2D eigenvalue weighted by molar-refractivity contribution is 5.60. The van der Waals surface area contributed by atoms with Crippen molar-refractivity contribution in [2.75, 3.05) is 18.8 Å². The largest absolute Gasteiger partial charge is 0.459 e. The topological polar surface area (TPSA) is 123 Å². The second-order valence-electron chi connectivity index (χ2n) is 7.96. The maximum atomic E-state index is 14.9. The average molecular weight is 430 g/mol. The van der Waals surface area contributed by atoms with Crippen LogP contribution in [0, 0.1) is 5.95 Å². The molecule has 1 fully saturated rings. The third kappa shape index (κ3) is 4.45. The van der Waals surface area contributed by atoms with Crippen LogP contribution in [0.1, 0.15) is 68.5 Å². The van der Waals surface area contributed by atoms with Crippen molar-refractivity contribution < 1.29 is 14.2 Å². The highest BCUT2D eigenvalue weighted by Gasteiger charge is 2.24. The molecule has 9 nitrogen and oxygen atoms in total. The van der Waals surface area contributed by atoms with Gasteiger partial charge >= 0.3 is 6.01 Å². The Labute approximate surface area is 179 Å². The normalized spacial score (nSPS) is 17.0. The van der Waals surface area contributed by atoms with E-state index in [0.29, 0.717) is 5.69 Å². The van der Waals surface area contributed by atoms with Crippen LogP contribution >= 0.6 is 0 Å². The molecule has 0 aliphatic carbocycles.